The monoisotopic (exact) mass is 1100 g/mol. The van der Waals surface area contributed by atoms with Crippen molar-refractivity contribution in [1.82, 2.24) is 5.32 Å². The highest BCUT2D eigenvalue weighted by Gasteiger charge is 2.18. The molecule has 6 heteroatoms. The molecular formula is C72H139NO5. The van der Waals surface area contributed by atoms with Gasteiger partial charge in [0.1, 0.15) is 0 Å². The van der Waals surface area contributed by atoms with Crippen LogP contribution < -0.4 is 5.32 Å². The maximum Gasteiger partial charge on any atom is 0.305 e. The number of hydrogen-bond donors (Lipinski definition) is 3. The quantitative estimate of drug-likeness (QED) is 0.0320. The van der Waals surface area contributed by atoms with Crippen LogP contribution in [0.1, 0.15) is 399 Å². The number of amides is 1. The molecule has 0 aromatic rings. The van der Waals surface area contributed by atoms with Crippen molar-refractivity contribution in [2.75, 3.05) is 13.2 Å². The number of unbranched alkanes of at least 4 members (excludes halogenated alkanes) is 54. The summed E-state index contributed by atoms with van der Waals surface area (Å²) in [7, 11) is 0. The maximum absolute atomic E-state index is 12.5. The zero-order valence-corrected chi connectivity index (χ0v) is 52.9. The molecule has 0 saturated heterocycles. The highest BCUT2D eigenvalue weighted by molar-refractivity contribution is 5.76. The van der Waals surface area contributed by atoms with Crippen molar-refractivity contribution in [3.05, 3.63) is 24.3 Å². The maximum atomic E-state index is 12.5. The number of carbonyl (C=O) groups excluding carboxylic acids is 2. The number of nitrogens with one attached hydrogen (secondary N) is 1. The summed E-state index contributed by atoms with van der Waals surface area (Å²) in [6.45, 7) is 4.94. The third kappa shape index (κ3) is 63.5. The number of rotatable bonds is 67. The van der Waals surface area contributed by atoms with Crippen LogP contribution in [-0.4, -0.2) is 47.4 Å². The molecule has 0 rings (SSSR count). The largest absolute Gasteiger partial charge is 0.466 e. The molecule has 2 atom stereocenters. The summed E-state index contributed by atoms with van der Waals surface area (Å²) in [6, 6.07) is -0.632. The highest BCUT2D eigenvalue weighted by atomic mass is 16.5. The van der Waals surface area contributed by atoms with Gasteiger partial charge in [-0.1, -0.05) is 353 Å². The van der Waals surface area contributed by atoms with Gasteiger partial charge in [0.25, 0.3) is 0 Å². The Kier molecular flexibility index (Phi) is 66.4. The summed E-state index contributed by atoms with van der Waals surface area (Å²) in [6.07, 6.45) is 85.4. The van der Waals surface area contributed by atoms with E-state index >= 15 is 0 Å². The summed E-state index contributed by atoms with van der Waals surface area (Å²) in [5, 5.41) is 23.3. The fraction of sp³-hybridized carbons (Fsp3) is 0.917. The zero-order valence-electron chi connectivity index (χ0n) is 52.9. The van der Waals surface area contributed by atoms with Gasteiger partial charge >= 0.3 is 5.97 Å². The van der Waals surface area contributed by atoms with Crippen molar-refractivity contribution >= 4 is 11.9 Å². The number of hydrogen-bond acceptors (Lipinski definition) is 5. The Morgan fingerprint density at radius 3 is 0.910 bits per heavy atom. The van der Waals surface area contributed by atoms with Crippen LogP contribution in [0.5, 0.6) is 0 Å². The first-order valence-corrected chi connectivity index (χ1v) is 35.6. The first-order valence-electron chi connectivity index (χ1n) is 35.6. The average Bonchev–Trinajstić information content (AvgIpc) is 3.44. The van der Waals surface area contributed by atoms with Gasteiger partial charge in [0.2, 0.25) is 5.91 Å². The number of allylic oxidation sites excluding steroid dienone is 3. The third-order valence-corrected chi connectivity index (χ3v) is 16.7. The van der Waals surface area contributed by atoms with Crippen molar-refractivity contribution in [2.45, 2.75) is 411 Å². The molecule has 78 heavy (non-hydrogen) atoms. The molecule has 0 aliphatic carbocycles. The third-order valence-electron chi connectivity index (χ3n) is 16.7. The number of carbonyl (C=O) groups is 2. The van der Waals surface area contributed by atoms with E-state index in [0.29, 0.717) is 19.4 Å². The van der Waals surface area contributed by atoms with Crippen LogP contribution in [0.15, 0.2) is 24.3 Å². The lowest BCUT2D eigenvalue weighted by atomic mass is 10.0. The molecule has 6 nitrogen and oxygen atoms in total. The molecule has 0 heterocycles. The molecular weight excluding hydrogens is 959 g/mol. The van der Waals surface area contributed by atoms with Gasteiger partial charge < -0.3 is 20.3 Å². The van der Waals surface area contributed by atoms with Gasteiger partial charge in [-0.05, 0) is 57.8 Å². The van der Waals surface area contributed by atoms with E-state index in [1.54, 1.807) is 6.08 Å². The van der Waals surface area contributed by atoms with E-state index in [1.807, 2.05) is 6.08 Å². The van der Waals surface area contributed by atoms with Crippen LogP contribution in [0.3, 0.4) is 0 Å². The van der Waals surface area contributed by atoms with Crippen LogP contribution in [-0.2, 0) is 14.3 Å². The topological polar surface area (TPSA) is 95.9 Å². The summed E-state index contributed by atoms with van der Waals surface area (Å²) in [4.78, 5) is 24.6. The standard InChI is InChI=1S/C72H139NO5/c1-3-5-7-9-11-13-15-17-19-20-21-22-27-30-33-37-40-44-48-52-56-60-64-70(75)69(68-74)73-71(76)65-61-57-53-49-45-41-38-34-31-28-25-23-24-26-29-32-35-39-43-47-51-55-59-63-67-78-72(77)66-62-58-54-50-46-42-36-18-16-14-12-10-8-6-4-2/h25,28,60,64,69-70,74-75H,3-24,26-27,29-59,61-63,65-68H2,1-2H3,(H,73,76)/b28-25-,64-60+. The molecule has 0 bridgehead atoms. The predicted molar refractivity (Wildman–Crippen MR) is 343 cm³/mol. The number of aliphatic hydroxyl groups is 2. The lowest BCUT2D eigenvalue weighted by molar-refractivity contribution is -0.143. The Bertz CT molecular complexity index is 1220. The second kappa shape index (κ2) is 67.8. The molecule has 0 saturated carbocycles. The van der Waals surface area contributed by atoms with Gasteiger partial charge in [-0.2, -0.15) is 0 Å². The Morgan fingerprint density at radius 2 is 0.603 bits per heavy atom. The lowest BCUT2D eigenvalue weighted by Crippen LogP contribution is -2.45. The zero-order chi connectivity index (χ0) is 56.4. The molecule has 462 valence electrons. The summed E-state index contributed by atoms with van der Waals surface area (Å²) >= 11 is 0. The second-order valence-electron chi connectivity index (χ2n) is 24.6. The Hall–Kier alpha value is -1.66. The molecule has 0 spiro atoms. The van der Waals surface area contributed by atoms with Crippen LogP contribution in [0.2, 0.25) is 0 Å². The molecule has 0 aliphatic rings. The minimum Gasteiger partial charge on any atom is -0.466 e. The van der Waals surface area contributed by atoms with E-state index in [0.717, 1.165) is 38.5 Å². The minimum absolute atomic E-state index is 0.0158. The van der Waals surface area contributed by atoms with E-state index in [1.165, 1.54) is 334 Å². The fourth-order valence-corrected chi connectivity index (χ4v) is 11.3. The predicted octanol–water partition coefficient (Wildman–Crippen LogP) is 22.9. The van der Waals surface area contributed by atoms with Gasteiger partial charge in [0, 0.05) is 12.8 Å². The van der Waals surface area contributed by atoms with Crippen molar-refractivity contribution in [3.8, 4) is 0 Å². The Balaban J connectivity index is 3.42. The minimum atomic E-state index is -0.848. The molecule has 0 aliphatic heterocycles. The van der Waals surface area contributed by atoms with Crippen molar-refractivity contribution < 1.29 is 24.5 Å². The Morgan fingerprint density at radius 1 is 0.346 bits per heavy atom. The van der Waals surface area contributed by atoms with Gasteiger partial charge in [-0.25, -0.2) is 0 Å². The van der Waals surface area contributed by atoms with E-state index < -0.39 is 12.1 Å². The van der Waals surface area contributed by atoms with E-state index in [9.17, 15) is 19.8 Å². The van der Waals surface area contributed by atoms with E-state index in [2.05, 4.69) is 31.3 Å². The van der Waals surface area contributed by atoms with Crippen LogP contribution in [0, 0.1) is 0 Å². The highest BCUT2D eigenvalue weighted by Crippen LogP contribution is 2.19. The molecule has 1 amide bonds. The molecule has 0 aromatic heterocycles. The lowest BCUT2D eigenvalue weighted by Gasteiger charge is -2.20. The van der Waals surface area contributed by atoms with Gasteiger partial charge in [-0.3, -0.25) is 9.59 Å². The SMILES string of the molecule is CCCCCCCCCCCCCCCCCCCCCC/C=C/C(O)C(CO)NC(=O)CCCCCCCCCC/C=C\CCCCCCCCCCCCCCOC(=O)CCCCCCCCCCCCCCCCC. The first-order chi connectivity index (χ1) is 38.5. The van der Waals surface area contributed by atoms with Crippen LogP contribution >= 0.6 is 0 Å². The number of aliphatic hydroxyl groups excluding tert-OH is 2. The molecule has 3 N–H and O–H groups in total. The van der Waals surface area contributed by atoms with Gasteiger partial charge in [0.15, 0.2) is 0 Å². The van der Waals surface area contributed by atoms with Crippen LogP contribution in [0.25, 0.3) is 0 Å². The molecule has 0 aromatic carbocycles. The molecule has 0 radical (unpaired) electrons. The summed E-state index contributed by atoms with van der Waals surface area (Å²) in [5.74, 6) is -0.0525. The van der Waals surface area contributed by atoms with Gasteiger partial charge in [0.05, 0.1) is 25.4 Å². The number of ether oxygens (including phenoxy) is 1. The second-order valence-corrected chi connectivity index (χ2v) is 24.6. The molecule has 2 unspecified atom stereocenters. The Labute approximate surface area is 488 Å². The summed E-state index contributed by atoms with van der Waals surface area (Å²) < 4.78 is 5.50. The van der Waals surface area contributed by atoms with Crippen molar-refractivity contribution in [2.24, 2.45) is 0 Å². The first kappa shape index (κ1) is 76.3. The van der Waals surface area contributed by atoms with E-state index in [4.69, 9.17) is 4.74 Å². The number of esters is 1. The average molecular weight is 1100 g/mol. The van der Waals surface area contributed by atoms with Crippen molar-refractivity contribution in [3.63, 3.8) is 0 Å². The summed E-state index contributed by atoms with van der Waals surface area (Å²) in [5.41, 5.74) is 0. The van der Waals surface area contributed by atoms with E-state index in [-0.39, 0.29) is 18.5 Å². The smallest absolute Gasteiger partial charge is 0.305 e. The normalized spacial score (nSPS) is 12.6. The fourth-order valence-electron chi connectivity index (χ4n) is 11.3. The van der Waals surface area contributed by atoms with Gasteiger partial charge in [-0.15, -0.1) is 0 Å². The van der Waals surface area contributed by atoms with Crippen molar-refractivity contribution in [1.29, 1.82) is 0 Å². The molecule has 0 fully saturated rings. The van der Waals surface area contributed by atoms with Crippen LogP contribution in [0.4, 0.5) is 0 Å².